The van der Waals surface area contributed by atoms with E-state index in [4.69, 9.17) is 9.15 Å². The summed E-state index contributed by atoms with van der Waals surface area (Å²) in [4.78, 5) is 13.9. The average Bonchev–Trinajstić information content (AvgIpc) is 2.60. The molecule has 0 atom stereocenters. The summed E-state index contributed by atoms with van der Waals surface area (Å²) in [5.74, 6) is 0.404. The van der Waals surface area contributed by atoms with E-state index >= 15 is 0 Å². The molecule has 26 heavy (non-hydrogen) atoms. The fourth-order valence-corrected chi connectivity index (χ4v) is 2.77. The van der Waals surface area contributed by atoms with Crippen molar-refractivity contribution in [3.63, 3.8) is 0 Å². The summed E-state index contributed by atoms with van der Waals surface area (Å²) in [7, 11) is 1.92. The molecule has 0 radical (unpaired) electrons. The van der Waals surface area contributed by atoms with Gasteiger partial charge in [0, 0.05) is 30.1 Å². The molecule has 0 spiro atoms. The lowest BCUT2D eigenvalue weighted by Crippen LogP contribution is -2.24. The van der Waals surface area contributed by atoms with Gasteiger partial charge in [-0.25, -0.2) is 9.18 Å². The highest BCUT2D eigenvalue weighted by atomic mass is 19.1. The van der Waals surface area contributed by atoms with Crippen LogP contribution in [0.15, 0.2) is 51.7 Å². The monoisotopic (exact) mass is 357 g/mol. The average molecular weight is 357 g/mol. The van der Waals surface area contributed by atoms with Gasteiger partial charge < -0.3 is 14.3 Å². The zero-order valence-electron chi connectivity index (χ0n) is 14.7. The Morgan fingerprint density at radius 2 is 1.92 bits per heavy atom. The number of nitrogens with zero attached hydrogens (tertiary/aromatic N) is 1. The lowest BCUT2D eigenvalue weighted by molar-refractivity contribution is 0.233. The largest absolute Gasteiger partial charge is 0.508 e. The number of hydrogen-bond donors (Lipinski definition) is 1. The van der Waals surface area contributed by atoms with Crippen LogP contribution in [-0.2, 0) is 6.54 Å². The number of aromatic hydroxyl groups is 1. The molecule has 0 unspecified atom stereocenters. The van der Waals surface area contributed by atoms with Crippen molar-refractivity contribution in [3.8, 4) is 11.5 Å². The van der Waals surface area contributed by atoms with Crippen LogP contribution in [0, 0.1) is 12.7 Å². The van der Waals surface area contributed by atoms with Gasteiger partial charge in [0.1, 0.15) is 29.5 Å². The Bertz CT molecular complexity index is 966. The maximum Gasteiger partial charge on any atom is 0.336 e. The van der Waals surface area contributed by atoms with E-state index in [9.17, 15) is 14.3 Å². The number of hydrogen-bond acceptors (Lipinski definition) is 5. The Balaban J connectivity index is 1.69. The first-order chi connectivity index (χ1) is 12.4. The van der Waals surface area contributed by atoms with Crippen molar-refractivity contribution in [2.75, 3.05) is 20.2 Å². The van der Waals surface area contributed by atoms with Gasteiger partial charge in [0.2, 0.25) is 0 Å². The number of phenols is 1. The van der Waals surface area contributed by atoms with Gasteiger partial charge in [-0.2, -0.15) is 0 Å². The number of likely N-dealkylation sites (N-methyl/N-ethyl adjacent to an activating group) is 1. The Labute approximate surface area is 150 Å². The van der Waals surface area contributed by atoms with Gasteiger partial charge in [-0.05, 0) is 55.9 Å². The van der Waals surface area contributed by atoms with E-state index in [-0.39, 0.29) is 11.6 Å². The zero-order valence-corrected chi connectivity index (χ0v) is 14.7. The topological polar surface area (TPSA) is 62.9 Å². The Morgan fingerprint density at radius 1 is 1.19 bits per heavy atom. The van der Waals surface area contributed by atoms with Crippen LogP contribution in [-0.4, -0.2) is 30.2 Å². The highest BCUT2D eigenvalue weighted by molar-refractivity contribution is 5.84. The minimum Gasteiger partial charge on any atom is -0.508 e. The van der Waals surface area contributed by atoms with Crippen LogP contribution >= 0.6 is 0 Å². The first kappa shape index (κ1) is 17.9. The van der Waals surface area contributed by atoms with Crippen LogP contribution < -0.4 is 10.4 Å². The van der Waals surface area contributed by atoms with Crippen LogP contribution in [0.5, 0.6) is 11.5 Å². The molecular formula is C20H20FNO4. The van der Waals surface area contributed by atoms with Crippen LogP contribution in [0.4, 0.5) is 4.39 Å². The third-order valence-electron chi connectivity index (χ3n) is 4.21. The van der Waals surface area contributed by atoms with E-state index in [1.165, 1.54) is 18.2 Å². The number of rotatable bonds is 6. The number of aryl methyl sites for hydroxylation is 1. The summed E-state index contributed by atoms with van der Waals surface area (Å²) < 4.78 is 23.7. The number of fused-ring (bicyclic) bond motifs is 1. The highest BCUT2D eigenvalue weighted by Crippen LogP contribution is 2.27. The van der Waals surface area contributed by atoms with Gasteiger partial charge in [0.15, 0.2) is 0 Å². The van der Waals surface area contributed by atoms with Crippen molar-refractivity contribution in [1.29, 1.82) is 0 Å². The van der Waals surface area contributed by atoms with Crippen LogP contribution in [0.1, 0.15) is 11.1 Å². The minimum atomic E-state index is -0.447. The van der Waals surface area contributed by atoms with Gasteiger partial charge in [0.25, 0.3) is 0 Å². The molecule has 0 aliphatic rings. The Morgan fingerprint density at radius 3 is 2.65 bits per heavy atom. The minimum absolute atomic E-state index is 0.0962. The molecule has 0 saturated carbocycles. The van der Waals surface area contributed by atoms with Crippen molar-refractivity contribution in [2.45, 2.75) is 13.5 Å². The third kappa shape index (κ3) is 4.03. The summed E-state index contributed by atoms with van der Waals surface area (Å²) in [6.07, 6.45) is 0. The second kappa shape index (κ2) is 7.58. The molecule has 0 aliphatic carbocycles. The van der Waals surface area contributed by atoms with Gasteiger partial charge >= 0.3 is 5.63 Å². The molecule has 5 nitrogen and oxygen atoms in total. The molecule has 136 valence electrons. The first-order valence-corrected chi connectivity index (χ1v) is 8.26. The highest BCUT2D eigenvalue weighted by Gasteiger charge is 2.12. The molecule has 1 aromatic heterocycles. The van der Waals surface area contributed by atoms with Gasteiger partial charge in [-0.15, -0.1) is 0 Å². The number of phenolic OH excluding ortho intramolecular Hbond substituents is 1. The molecule has 1 N–H and O–H groups in total. The molecule has 1 heterocycles. The van der Waals surface area contributed by atoms with E-state index < -0.39 is 5.63 Å². The second-order valence-corrected chi connectivity index (χ2v) is 6.22. The summed E-state index contributed by atoms with van der Waals surface area (Å²) in [5, 5.41) is 10.6. The quantitative estimate of drug-likeness (QED) is 0.685. The van der Waals surface area contributed by atoms with Crippen LogP contribution in [0.2, 0.25) is 0 Å². The van der Waals surface area contributed by atoms with Gasteiger partial charge in [-0.3, -0.25) is 4.90 Å². The molecule has 0 bridgehead atoms. The van der Waals surface area contributed by atoms with Crippen molar-refractivity contribution < 1.29 is 18.7 Å². The molecule has 3 rings (SSSR count). The van der Waals surface area contributed by atoms with E-state index in [0.717, 1.165) is 10.9 Å². The lowest BCUT2D eigenvalue weighted by atomic mass is 10.1. The van der Waals surface area contributed by atoms with E-state index in [0.29, 0.717) is 36.6 Å². The van der Waals surface area contributed by atoms with Gasteiger partial charge in [0.05, 0.1) is 0 Å². The molecule has 3 aromatic rings. The Kier molecular flexibility index (Phi) is 5.23. The Hall–Kier alpha value is -2.86. The van der Waals surface area contributed by atoms with Crippen molar-refractivity contribution >= 4 is 11.0 Å². The maximum absolute atomic E-state index is 12.9. The van der Waals surface area contributed by atoms with E-state index in [1.807, 2.05) is 11.9 Å². The molecular weight excluding hydrogens is 337 g/mol. The summed E-state index contributed by atoms with van der Waals surface area (Å²) in [5.41, 5.74) is 1.33. The molecule has 2 aromatic carbocycles. The predicted molar refractivity (Wildman–Crippen MR) is 97.1 cm³/mol. The molecule has 0 aliphatic heterocycles. The third-order valence-corrected chi connectivity index (χ3v) is 4.21. The lowest BCUT2D eigenvalue weighted by Gasteiger charge is -2.18. The standard InChI is InChI=1S/C20H20FNO4/c1-13-18(23)8-7-17-14(11-19(24)26-20(13)17)12-22(2)9-10-25-16-5-3-15(21)4-6-16/h3-8,11,23H,9-10,12H2,1-2H3. The normalized spacial score (nSPS) is 11.2. The van der Waals surface area contributed by atoms with E-state index in [1.54, 1.807) is 31.2 Å². The predicted octanol–water partition coefficient (Wildman–Crippen LogP) is 3.46. The summed E-state index contributed by atoms with van der Waals surface area (Å²) >= 11 is 0. The van der Waals surface area contributed by atoms with Crippen molar-refractivity contribution in [3.05, 3.63) is 69.8 Å². The fourth-order valence-electron chi connectivity index (χ4n) is 2.77. The number of benzene rings is 2. The molecule has 0 amide bonds. The van der Waals surface area contributed by atoms with Gasteiger partial charge in [-0.1, -0.05) is 0 Å². The summed E-state index contributed by atoms with van der Waals surface area (Å²) in [6.45, 7) is 3.29. The SMILES string of the molecule is Cc1c(O)ccc2c(CN(C)CCOc3ccc(F)cc3)cc(=O)oc12. The number of ether oxygens (including phenoxy) is 1. The smallest absolute Gasteiger partial charge is 0.336 e. The van der Waals surface area contributed by atoms with Crippen molar-refractivity contribution in [1.82, 2.24) is 4.90 Å². The first-order valence-electron chi connectivity index (χ1n) is 8.26. The maximum atomic E-state index is 12.9. The molecule has 0 fully saturated rings. The molecule has 6 heteroatoms. The zero-order chi connectivity index (χ0) is 18.7. The summed E-state index contributed by atoms with van der Waals surface area (Å²) in [6, 6.07) is 10.7. The number of halogens is 1. The van der Waals surface area contributed by atoms with Crippen LogP contribution in [0.3, 0.4) is 0 Å². The van der Waals surface area contributed by atoms with Crippen molar-refractivity contribution in [2.24, 2.45) is 0 Å². The fraction of sp³-hybridized carbons (Fsp3) is 0.250. The van der Waals surface area contributed by atoms with Crippen LogP contribution in [0.25, 0.3) is 11.0 Å². The second-order valence-electron chi connectivity index (χ2n) is 6.22. The molecule has 0 saturated heterocycles. The van der Waals surface area contributed by atoms with E-state index in [2.05, 4.69) is 0 Å².